The monoisotopic (exact) mass is 381 g/mol. The Balaban J connectivity index is 1.61. The number of amides is 1. The molecule has 0 aliphatic heterocycles. The number of para-hydroxylation sites is 2. The van der Waals surface area contributed by atoms with E-state index in [0.717, 1.165) is 42.0 Å². The number of imidazole rings is 1. The minimum absolute atomic E-state index is 0.0465. The van der Waals surface area contributed by atoms with Gasteiger partial charge in [-0.25, -0.2) is 4.98 Å². The summed E-state index contributed by atoms with van der Waals surface area (Å²) in [5.41, 5.74) is 3.29. The van der Waals surface area contributed by atoms with Gasteiger partial charge < -0.3 is 19.4 Å². The molecule has 1 amide bonds. The van der Waals surface area contributed by atoms with Crippen molar-refractivity contribution < 1.29 is 14.3 Å². The third-order valence-corrected chi connectivity index (χ3v) is 4.58. The van der Waals surface area contributed by atoms with E-state index in [1.54, 1.807) is 0 Å². The largest absolute Gasteiger partial charge is 0.494 e. The van der Waals surface area contributed by atoms with Gasteiger partial charge in [0.1, 0.15) is 18.2 Å². The van der Waals surface area contributed by atoms with Crippen LogP contribution in [0.2, 0.25) is 0 Å². The van der Waals surface area contributed by atoms with Crippen molar-refractivity contribution in [3.63, 3.8) is 0 Å². The zero-order chi connectivity index (χ0) is 19.8. The molecule has 0 unspecified atom stereocenters. The highest BCUT2D eigenvalue weighted by molar-refractivity contribution is 5.78. The standard InChI is InChI=1S/C22H27N3O3/c1-3-17-9-11-18(12-10-17)28-14-6-13-25-20-8-5-4-7-19(20)24-21(25)15-23-22(26)16-27-2/h4-5,7-12H,3,6,13-16H2,1-2H3,(H,23,26). The zero-order valence-corrected chi connectivity index (χ0v) is 16.5. The topological polar surface area (TPSA) is 65.4 Å². The summed E-state index contributed by atoms with van der Waals surface area (Å²) in [5.74, 6) is 1.57. The molecule has 3 aromatic rings. The average Bonchev–Trinajstić information content (AvgIpc) is 3.08. The van der Waals surface area contributed by atoms with Gasteiger partial charge in [-0.15, -0.1) is 0 Å². The Morgan fingerprint density at radius 1 is 1.14 bits per heavy atom. The Morgan fingerprint density at radius 2 is 1.93 bits per heavy atom. The molecule has 0 aliphatic rings. The molecule has 1 aromatic heterocycles. The Bertz CT molecular complexity index is 903. The lowest BCUT2D eigenvalue weighted by Crippen LogP contribution is -2.28. The van der Waals surface area contributed by atoms with Gasteiger partial charge in [-0.05, 0) is 42.7 Å². The molecule has 0 aliphatic carbocycles. The van der Waals surface area contributed by atoms with Gasteiger partial charge in [-0.2, -0.15) is 0 Å². The summed E-state index contributed by atoms with van der Waals surface area (Å²) in [7, 11) is 1.50. The second-order valence-corrected chi connectivity index (χ2v) is 6.58. The number of carbonyl (C=O) groups excluding carboxylic acids is 1. The molecule has 3 rings (SSSR count). The highest BCUT2D eigenvalue weighted by atomic mass is 16.5. The van der Waals surface area contributed by atoms with Crippen molar-refractivity contribution in [3.05, 3.63) is 59.9 Å². The number of fused-ring (bicyclic) bond motifs is 1. The summed E-state index contributed by atoms with van der Waals surface area (Å²) >= 11 is 0. The third-order valence-electron chi connectivity index (χ3n) is 4.58. The van der Waals surface area contributed by atoms with Gasteiger partial charge >= 0.3 is 0 Å². The summed E-state index contributed by atoms with van der Waals surface area (Å²) in [6.07, 6.45) is 1.87. The molecule has 0 saturated carbocycles. The number of nitrogens with zero attached hydrogens (tertiary/aromatic N) is 2. The van der Waals surface area contributed by atoms with Crippen LogP contribution in [0.15, 0.2) is 48.5 Å². The van der Waals surface area contributed by atoms with Crippen LogP contribution in [0.3, 0.4) is 0 Å². The van der Waals surface area contributed by atoms with Crippen LogP contribution >= 0.6 is 0 Å². The van der Waals surface area contributed by atoms with Gasteiger partial charge in [0, 0.05) is 13.7 Å². The fraction of sp³-hybridized carbons (Fsp3) is 0.364. The molecule has 6 nitrogen and oxygen atoms in total. The number of hydrogen-bond acceptors (Lipinski definition) is 4. The van der Waals surface area contributed by atoms with Crippen LogP contribution in [0.5, 0.6) is 5.75 Å². The Labute approximate surface area is 165 Å². The van der Waals surface area contributed by atoms with Gasteiger partial charge in [0.05, 0.1) is 24.2 Å². The molecule has 2 aromatic carbocycles. The summed E-state index contributed by atoms with van der Waals surface area (Å²) in [6.45, 7) is 3.94. The van der Waals surface area contributed by atoms with Gasteiger partial charge in [0.25, 0.3) is 0 Å². The van der Waals surface area contributed by atoms with Crippen LogP contribution in [-0.4, -0.2) is 35.8 Å². The second kappa shape index (κ2) is 9.90. The molecule has 6 heteroatoms. The van der Waals surface area contributed by atoms with E-state index in [4.69, 9.17) is 9.47 Å². The Morgan fingerprint density at radius 3 is 2.68 bits per heavy atom. The number of hydrogen-bond donors (Lipinski definition) is 1. The first-order chi connectivity index (χ1) is 13.7. The molecule has 0 atom stereocenters. The number of aryl methyl sites for hydroxylation is 2. The summed E-state index contributed by atoms with van der Waals surface area (Å²) in [6, 6.07) is 16.2. The minimum Gasteiger partial charge on any atom is -0.494 e. The Hall–Kier alpha value is -2.86. The first kappa shape index (κ1) is 19.9. The number of rotatable bonds is 10. The lowest BCUT2D eigenvalue weighted by Gasteiger charge is -2.11. The van der Waals surface area contributed by atoms with Crippen molar-refractivity contribution in [2.45, 2.75) is 32.9 Å². The maximum Gasteiger partial charge on any atom is 0.246 e. The highest BCUT2D eigenvalue weighted by Crippen LogP contribution is 2.17. The minimum atomic E-state index is -0.153. The molecule has 0 fully saturated rings. The molecule has 148 valence electrons. The number of ether oxygens (including phenoxy) is 2. The Kier molecular flexibility index (Phi) is 7.03. The average molecular weight is 381 g/mol. The van der Waals surface area contributed by atoms with Crippen molar-refractivity contribution in [2.75, 3.05) is 20.3 Å². The normalized spacial score (nSPS) is 10.9. The van der Waals surface area contributed by atoms with Gasteiger partial charge in [0.15, 0.2) is 0 Å². The molecule has 0 bridgehead atoms. The molecule has 0 radical (unpaired) electrons. The SMILES string of the molecule is CCc1ccc(OCCCn2c(CNC(=O)COC)nc3ccccc32)cc1. The smallest absolute Gasteiger partial charge is 0.246 e. The van der Waals surface area contributed by atoms with Crippen LogP contribution < -0.4 is 10.1 Å². The quantitative estimate of drug-likeness (QED) is 0.547. The highest BCUT2D eigenvalue weighted by Gasteiger charge is 2.11. The van der Waals surface area contributed by atoms with Crippen molar-refractivity contribution in [2.24, 2.45) is 0 Å². The van der Waals surface area contributed by atoms with E-state index in [0.29, 0.717) is 13.2 Å². The molecule has 0 spiro atoms. The van der Waals surface area contributed by atoms with Gasteiger partial charge in [-0.1, -0.05) is 31.2 Å². The first-order valence-corrected chi connectivity index (χ1v) is 9.62. The van der Waals surface area contributed by atoms with Crippen LogP contribution in [-0.2, 0) is 29.0 Å². The predicted octanol–water partition coefficient (Wildman–Crippen LogP) is 3.33. The van der Waals surface area contributed by atoms with Crippen molar-refractivity contribution in [1.82, 2.24) is 14.9 Å². The van der Waals surface area contributed by atoms with Crippen molar-refractivity contribution in [1.29, 1.82) is 0 Å². The van der Waals surface area contributed by atoms with Crippen LogP contribution in [0.4, 0.5) is 0 Å². The number of carbonyl (C=O) groups is 1. The zero-order valence-electron chi connectivity index (χ0n) is 16.5. The van der Waals surface area contributed by atoms with Crippen molar-refractivity contribution >= 4 is 16.9 Å². The van der Waals surface area contributed by atoms with E-state index in [2.05, 4.69) is 33.9 Å². The lowest BCUT2D eigenvalue weighted by molar-refractivity contribution is -0.124. The van der Waals surface area contributed by atoms with E-state index >= 15 is 0 Å². The van der Waals surface area contributed by atoms with Crippen LogP contribution in [0.25, 0.3) is 11.0 Å². The molecule has 0 saturated heterocycles. The first-order valence-electron chi connectivity index (χ1n) is 9.62. The van der Waals surface area contributed by atoms with E-state index < -0.39 is 0 Å². The maximum atomic E-state index is 11.7. The molecule has 1 N–H and O–H groups in total. The fourth-order valence-electron chi connectivity index (χ4n) is 3.10. The van der Waals surface area contributed by atoms with E-state index in [1.165, 1.54) is 12.7 Å². The van der Waals surface area contributed by atoms with E-state index in [-0.39, 0.29) is 12.5 Å². The number of benzene rings is 2. The molecule has 28 heavy (non-hydrogen) atoms. The lowest BCUT2D eigenvalue weighted by atomic mass is 10.2. The van der Waals surface area contributed by atoms with Crippen molar-refractivity contribution in [3.8, 4) is 5.75 Å². The molecule has 1 heterocycles. The van der Waals surface area contributed by atoms with E-state index in [1.807, 2.05) is 36.4 Å². The summed E-state index contributed by atoms with van der Waals surface area (Å²) in [5, 5.41) is 2.85. The van der Waals surface area contributed by atoms with Gasteiger partial charge in [-0.3, -0.25) is 4.79 Å². The van der Waals surface area contributed by atoms with Gasteiger partial charge in [0.2, 0.25) is 5.91 Å². The van der Waals surface area contributed by atoms with Crippen LogP contribution in [0, 0.1) is 0 Å². The number of nitrogens with one attached hydrogen (secondary N) is 1. The molecular weight excluding hydrogens is 354 g/mol. The number of aromatic nitrogens is 2. The third kappa shape index (κ3) is 5.10. The van der Waals surface area contributed by atoms with E-state index in [9.17, 15) is 4.79 Å². The maximum absolute atomic E-state index is 11.7. The summed E-state index contributed by atoms with van der Waals surface area (Å²) < 4.78 is 12.9. The molecular formula is C22H27N3O3. The predicted molar refractivity (Wildman–Crippen MR) is 109 cm³/mol. The second-order valence-electron chi connectivity index (χ2n) is 6.58. The number of methoxy groups -OCH3 is 1. The fourth-order valence-corrected chi connectivity index (χ4v) is 3.10. The van der Waals surface area contributed by atoms with Crippen LogP contribution in [0.1, 0.15) is 24.7 Å². The summed E-state index contributed by atoms with van der Waals surface area (Å²) in [4.78, 5) is 16.4.